The maximum absolute atomic E-state index is 11.6. The number of anilines is 1. The lowest BCUT2D eigenvalue weighted by Crippen LogP contribution is -2.07. The molecule has 0 radical (unpaired) electrons. The van der Waals surface area contributed by atoms with Gasteiger partial charge in [-0.15, -0.1) is 0 Å². The summed E-state index contributed by atoms with van der Waals surface area (Å²) in [6.07, 6.45) is 1.51. The molecule has 2 rings (SSSR count). The third kappa shape index (κ3) is 2.42. The highest BCUT2D eigenvalue weighted by Crippen LogP contribution is 2.16. The minimum absolute atomic E-state index is 0.181. The van der Waals surface area contributed by atoms with E-state index in [9.17, 15) is 4.79 Å². The second-order valence-corrected chi connectivity index (χ2v) is 3.54. The number of benzene rings is 1. The monoisotopic (exact) mass is 228 g/mol. The van der Waals surface area contributed by atoms with Crippen molar-refractivity contribution in [3.8, 4) is 0 Å². The number of carbonyl (C=O) groups excluding carboxylic acids is 1. The van der Waals surface area contributed by atoms with E-state index in [4.69, 9.17) is 10.5 Å². The van der Waals surface area contributed by atoms with Gasteiger partial charge in [-0.25, -0.2) is 9.78 Å². The first-order valence-electron chi connectivity index (χ1n) is 5.15. The summed E-state index contributed by atoms with van der Waals surface area (Å²) in [5.74, 6) is -0.455. The number of fused-ring (bicyclic) bond motifs is 1. The average molecular weight is 228 g/mol. The lowest BCUT2D eigenvalue weighted by molar-refractivity contribution is 0.0543. The first-order chi connectivity index (χ1) is 8.20. The Labute approximate surface area is 98.7 Å². The number of carbonyl (C=O) groups is 1. The van der Waals surface area contributed by atoms with Crippen LogP contribution in [-0.4, -0.2) is 17.6 Å². The van der Waals surface area contributed by atoms with Crippen LogP contribution in [0.1, 0.15) is 10.5 Å². The SMILES string of the molecule is C=CCOC(=O)c1ccc2cc(N)ccc2n1. The highest BCUT2D eigenvalue weighted by molar-refractivity contribution is 5.91. The molecule has 2 N–H and O–H groups in total. The van der Waals surface area contributed by atoms with Gasteiger partial charge in [0.05, 0.1) is 5.52 Å². The summed E-state index contributed by atoms with van der Waals surface area (Å²) in [6.45, 7) is 3.66. The topological polar surface area (TPSA) is 65.2 Å². The van der Waals surface area contributed by atoms with Gasteiger partial charge in [-0.1, -0.05) is 18.7 Å². The Hall–Kier alpha value is -2.36. The number of aromatic nitrogens is 1. The Kier molecular flexibility index (Phi) is 3.05. The zero-order valence-electron chi connectivity index (χ0n) is 9.22. The summed E-state index contributed by atoms with van der Waals surface area (Å²) >= 11 is 0. The van der Waals surface area contributed by atoms with Gasteiger partial charge in [-0.05, 0) is 24.3 Å². The summed E-state index contributed by atoms with van der Waals surface area (Å²) < 4.78 is 4.91. The molecule has 0 saturated heterocycles. The zero-order chi connectivity index (χ0) is 12.3. The van der Waals surface area contributed by atoms with Crippen LogP contribution in [0, 0.1) is 0 Å². The van der Waals surface area contributed by atoms with E-state index in [1.807, 2.05) is 0 Å². The van der Waals surface area contributed by atoms with Gasteiger partial charge < -0.3 is 10.5 Å². The minimum atomic E-state index is -0.455. The molecule has 0 aliphatic heterocycles. The van der Waals surface area contributed by atoms with Gasteiger partial charge in [0.1, 0.15) is 12.3 Å². The standard InChI is InChI=1S/C13H12N2O2/c1-2-7-17-13(16)12-5-3-9-8-10(14)4-6-11(9)15-12/h2-6,8H,1,7,14H2. The number of ether oxygens (including phenoxy) is 1. The second-order valence-electron chi connectivity index (χ2n) is 3.54. The molecule has 4 nitrogen and oxygen atoms in total. The van der Waals surface area contributed by atoms with Gasteiger partial charge in [0, 0.05) is 11.1 Å². The fourth-order valence-electron chi connectivity index (χ4n) is 1.47. The summed E-state index contributed by atoms with van der Waals surface area (Å²) in [6, 6.07) is 8.74. The van der Waals surface area contributed by atoms with Gasteiger partial charge in [0.25, 0.3) is 0 Å². The van der Waals surface area contributed by atoms with Gasteiger partial charge in [0.15, 0.2) is 0 Å². The van der Waals surface area contributed by atoms with Gasteiger partial charge in [-0.2, -0.15) is 0 Å². The number of nitrogens with two attached hydrogens (primary N) is 1. The van der Waals surface area contributed by atoms with E-state index in [-0.39, 0.29) is 12.3 Å². The Morgan fingerprint density at radius 1 is 1.41 bits per heavy atom. The Bertz CT molecular complexity index is 579. The van der Waals surface area contributed by atoms with Crippen molar-refractivity contribution in [2.24, 2.45) is 0 Å². The number of nitrogens with zero attached hydrogens (tertiary/aromatic N) is 1. The summed E-state index contributed by atoms with van der Waals surface area (Å²) in [5.41, 5.74) is 7.32. The molecule has 1 heterocycles. The molecular weight excluding hydrogens is 216 g/mol. The molecule has 0 saturated carbocycles. The van der Waals surface area contributed by atoms with Gasteiger partial charge >= 0.3 is 5.97 Å². The number of esters is 1. The van der Waals surface area contributed by atoms with E-state index >= 15 is 0 Å². The molecule has 1 aromatic heterocycles. The average Bonchev–Trinajstić information content (AvgIpc) is 2.35. The van der Waals surface area contributed by atoms with Crippen molar-refractivity contribution >= 4 is 22.6 Å². The molecule has 0 atom stereocenters. The largest absolute Gasteiger partial charge is 0.457 e. The Morgan fingerprint density at radius 3 is 3.00 bits per heavy atom. The van der Waals surface area contributed by atoms with Crippen LogP contribution in [0.3, 0.4) is 0 Å². The fourth-order valence-corrected chi connectivity index (χ4v) is 1.47. The number of nitrogen functional groups attached to an aromatic ring is 1. The molecule has 17 heavy (non-hydrogen) atoms. The van der Waals surface area contributed by atoms with Crippen LogP contribution < -0.4 is 5.73 Å². The van der Waals surface area contributed by atoms with E-state index in [1.165, 1.54) is 6.08 Å². The van der Waals surface area contributed by atoms with Crippen molar-refractivity contribution in [2.45, 2.75) is 0 Å². The zero-order valence-corrected chi connectivity index (χ0v) is 9.22. The quantitative estimate of drug-likeness (QED) is 0.496. The molecule has 0 bridgehead atoms. The van der Waals surface area contributed by atoms with Crippen LogP contribution >= 0.6 is 0 Å². The third-order valence-electron chi connectivity index (χ3n) is 2.25. The molecule has 2 aromatic rings. The van der Waals surface area contributed by atoms with Crippen LogP contribution in [0.15, 0.2) is 43.0 Å². The van der Waals surface area contributed by atoms with E-state index < -0.39 is 5.97 Å². The van der Waals surface area contributed by atoms with E-state index in [1.54, 1.807) is 30.3 Å². The fraction of sp³-hybridized carbons (Fsp3) is 0.0769. The summed E-state index contributed by atoms with van der Waals surface area (Å²) in [5, 5.41) is 0.894. The first kappa shape index (κ1) is 11.1. The molecule has 86 valence electrons. The van der Waals surface area contributed by atoms with Crippen molar-refractivity contribution in [3.63, 3.8) is 0 Å². The predicted molar refractivity (Wildman–Crippen MR) is 66.6 cm³/mol. The van der Waals surface area contributed by atoms with E-state index in [2.05, 4.69) is 11.6 Å². The second kappa shape index (κ2) is 4.65. The Balaban J connectivity index is 2.34. The third-order valence-corrected chi connectivity index (χ3v) is 2.25. The summed E-state index contributed by atoms with van der Waals surface area (Å²) in [4.78, 5) is 15.8. The number of hydrogen-bond donors (Lipinski definition) is 1. The van der Waals surface area contributed by atoms with Crippen LogP contribution in [0.4, 0.5) is 5.69 Å². The molecule has 0 spiro atoms. The minimum Gasteiger partial charge on any atom is -0.457 e. The van der Waals surface area contributed by atoms with Crippen LogP contribution in [-0.2, 0) is 4.74 Å². The van der Waals surface area contributed by atoms with Crippen molar-refractivity contribution < 1.29 is 9.53 Å². The van der Waals surface area contributed by atoms with Crippen molar-refractivity contribution in [3.05, 3.63) is 48.7 Å². The molecule has 4 heteroatoms. The van der Waals surface area contributed by atoms with Crippen molar-refractivity contribution in [1.29, 1.82) is 0 Å². The lowest BCUT2D eigenvalue weighted by Gasteiger charge is -2.03. The number of pyridine rings is 1. The van der Waals surface area contributed by atoms with Crippen LogP contribution in [0.25, 0.3) is 10.9 Å². The molecule has 0 aliphatic carbocycles. The molecule has 0 amide bonds. The Morgan fingerprint density at radius 2 is 2.24 bits per heavy atom. The smallest absolute Gasteiger partial charge is 0.357 e. The van der Waals surface area contributed by atoms with Crippen LogP contribution in [0.5, 0.6) is 0 Å². The van der Waals surface area contributed by atoms with Gasteiger partial charge in [0.2, 0.25) is 0 Å². The highest BCUT2D eigenvalue weighted by Gasteiger charge is 2.08. The molecule has 0 aliphatic rings. The molecule has 1 aromatic carbocycles. The maximum Gasteiger partial charge on any atom is 0.357 e. The normalized spacial score (nSPS) is 10.1. The van der Waals surface area contributed by atoms with E-state index in [0.29, 0.717) is 11.2 Å². The first-order valence-corrected chi connectivity index (χ1v) is 5.15. The maximum atomic E-state index is 11.6. The molecule has 0 fully saturated rings. The van der Waals surface area contributed by atoms with Crippen molar-refractivity contribution in [2.75, 3.05) is 12.3 Å². The summed E-state index contributed by atoms with van der Waals surface area (Å²) in [7, 11) is 0. The van der Waals surface area contributed by atoms with E-state index in [0.717, 1.165) is 5.39 Å². The highest BCUT2D eigenvalue weighted by atomic mass is 16.5. The number of hydrogen-bond acceptors (Lipinski definition) is 4. The molecular formula is C13H12N2O2. The van der Waals surface area contributed by atoms with Crippen LogP contribution in [0.2, 0.25) is 0 Å². The van der Waals surface area contributed by atoms with Gasteiger partial charge in [-0.3, -0.25) is 0 Å². The number of rotatable bonds is 3. The van der Waals surface area contributed by atoms with Crippen molar-refractivity contribution in [1.82, 2.24) is 4.98 Å². The molecule has 0 unspecified atom stereocenters. The predicted octanol–water partition coefficient (Wildman–Crippen LogP) is 2.16. The lowest BCUT2D eigenvalue weighted by atomic mass is 10.2.